The Balaban J connectivity index is 2.21. The van der Waals surface area contributed by atoms with Crippen molar-refractivity contribution < 1.29 is 5.11 Å². The van der Waals surface area contributed by atoms with Crippen molar-refractivity contribution in [2.24, 2.45) is 0 Å². The molecule has 0 spiro atoms. The second-order valence-corrected chi connectivity index (χ2v) is 4.33. The molecule has 2 N–H and O–H groups in total. The van der Waals surface area contributed by atoms with Crippen LogP contribution in [-0.2, 0) is 0 Å². The van der Waals surface area contributed by atoms with Gasteiger partial charge in [-0.2, -0.15) is 5.10 Å². The number of aliphatic hydroxyl groups is 1. The first kappa shape index (κ1) is 10.2. The van der Waals surface area contributed by atoms with Gasteiger partial charge in [-0.3, -0.25) is 4.79 Å². The molecular weight excluding hydrogens is 194 g/mol. The molecule has 0 amide bonds. The number of H-pyrrole nitrogens is 1. The molecule has 1 aliphatic heterocycles. The number of nitrogens with one attached hydrogen (secondary N) is 1. The Morgan fingerprint density at radius 2 is 2.47 bits per heavy atom. The minimum Gasteiger partial charge on any atom is -0.388 e. The van der Waals surface area contributed by atoms with Gasteiger partial charge in [-0.1, -0.05) is 0 Å². The Hall–Kier alpha value is -1.36. The topological polar surface area (TPSA) is 69.2 Å². The molecule has 5 heteroatoms. The number of nitrogens with zero attached hydrogens (tertiary/aromatic N) is 2. The zero-order valence-corrected chi connectivity index (χ0v) is 8.73. The van der Waals surface area contributed by atoms with E-state index in [1.54, 1.807) is 6.20 Å². The van der Waals surface area contributed by atoms with Gasteiger partial charge in [-0.15, -0.1) is 0 Å². The largest absolute Gasteiger partial charge is 0.388 e. The minimum absolute atomic E-state index is 0.210. The first-order valence-corrected chi connectivity index (χ1v) is 5.09. The van der Waals surface area contributed by atoms with Crippen molar-refractivity contribution in [1.82, 2.24) is 10.2 Å². The molecule has 0 aliphatic carbocycles. The van der Waals surface area contributed by atoms with Gasteiger partial charge in [0.1, 0.15) is 0 Å². The summed E-state index contributed by atoms with van der Waals surface area (Å²) in [6.07, 6.45) is 3.35. The molecule has 82 valence electrons. The number of β-amino-alcohol motifs (C(OH)–C–C–N with tert-alkyl or cyclic N) is 1. The molecule has 1 atom stereocenters. The molecule has 2 rings (SSSR count). The molecule has 2 heterocycles. The fourth-order valence-corrected chi connectivity index (χ4v) is 1.98. The molecular formula is C10H15N3O2. The predicted octanol–water partition coefficient (Wildman–Crippen LogP) is 0.121. The monoisotopic (exact) mass is 209 g/mol. The summed E-state index contributed by atoms with van der Waals surface area (Å²) in [5.74, 6) is 0. The number of rotatable bonds is 1. The van der Waals surface area contributed by atoms with Crippen molar-refractivity contribution in [2.45, 2.75) is 25.4 Å². The summed E-state index contributed by atoms with van der Waals surface area (Å²) in [7, 11) is 0. The quantitative estimate of drug-likeness (QED) is 0.689. The fourth-order valence-electron chi connectivity index (χ4n) is 1.98. The van der Waals surface area contributed by atoms with Crippen LogP contribution in [0.3, 0.4) is 0 Å². The molecule has 0 bridgehead atoms. The maximum atomic E-state index is 11.1. The van der Waals surface area contributed by atoms with Gasteiger partial charge in [0.25, 0.3) is 5.56 Å². The summed E-state index contributed by atoms with van der Waals surface area (Å²) in [6.45, 7) is 3.24. The molecule has 0 saturated carbocycles. The van der Waals surface area contributed by atoms with E-state index in [0.29, 0.717) is 6.54 Å². The highest BCUT2D eigenvalue weighted by Gasteiger charge is 2.28. The van der Waals surface area contributed by atoms with Crippen LogP contribution in [0.25, 0.3) is 0 Å². The maximum absolute atomic E-state index is 11.1. The average Bonchev–Trinajstić information content (AvgIpc) is 2.16. The molecule has 1 fully saturated rings. The molecule has 1 aromatic heterocycles. The molecule has 0 aromatic carbocycles. The molecule has 1 aromatic rings. The molecule has 15 heavy (non-hydrogen) atoms. The standard InChI is InChI=1S/C10H15N3O2/c1-10(15)3-2-4-13(7-10)8-5-9(14)12-11-6-8/h5-6,15H,2-4,7H2,1H3,(H,12,14). The van der Waals surface area contributed by atoms with E-state index >= 15 is 0 Å². The Morgan fingerprint density at radius 3 is 3.13 bits per heavy atom. The average molecular weight is 209 g/mol. The third-order valence-corrected chi connectivity index (χ3v) is 2.69. The van der Waals surface area contributed by atoms with E-state index in [1.807, 2.05) is 11.8 Å². The Bertz CT molecular complexity index is 400. The van der Waals surface area contributed by atoms with Crippen molar-refractivity contribution in [1.29, 1.82) is 0 Å². The number of hydrogen-bond acceptors (Lipinski definition) is 4. The summed E-state index contributed by atoms with van der Waals surface area (Å²) < 4.78 is 0. The van der Waals surface area contributed by atoms with Gasteiger partial charge in [-0.05, 0) is 19.8 Å². The van der Waals surface area contributed by atoms with Crippen LogP contribution in [0.4, 0.5) is 5.69 Å². The lowest BCUT2D eigenvalue weighted by atomic mass is 9.95. The van der Waals surface area contributed by atoms with Gasteiger partial charge in [0, 0.05) is 19.2 Å². The van der Waals surface area contributed by atoms with Gasteiger partial charge in [-0.25, -0.2) is 5.10 Å². The Morgan fingerprint density at radius 1 is 1.67 bits per heavy atom. The predicted molar refractivity (Wildman–Crippen MR) is 56.9 cm³/mol. The lowest BCUT2D eigenvalue weighted by Crippen LogP contribution is -2.46. The lowest BCUT2D eigenvalue weighted by Gasteiger charge is -2.37. The highest BCUT2D eigenvalue weighted by atomic mass is 16.3. The van der Waals surface area contributed by atoms with Gasteiger partial charge in [0.2, 0.25) is 0 Å². The summed E-state index contributed by atoms with van der Waals surface area (Å²) in [6, 6.07) is 1.51. The third-order valence-electron chi connectivity index (χ3n) is 2.69. The van der Waals surface area contributed by atoms with Crippen LogP contribution < -0.4 is 10.5 Å². The molecule has 5 nitrogen and oxygen atoms in total. The molecule has 1 aliphatic rings. The maximum Gasteiger partial charge on any atom is 0.266 e. The highest BCUT2D eigenvalue weighted by Crippen LogP contribution is 2.23. The second-order valence-electron chi connectivity index (χ2n) is 4.33. The van der Waals surface area contributed by atoms with Gasteiger partial charge >= 0.3 is 0 Å². The zero-order valence-electron chi connectivity index (χ0n) is 8.73. The Labute approximate surface area is 87.7 Å². The van der Waals surface area contributed by atoms with Gasteiger partial charge in [0.15, 0.2) is 0 Å². The first-order valence-electron chi connectivity index (χ1n) is 5.09. The molecule has 1 saturated heterocycles. The Kier molecular flexibility index (Phi) is 2.48. The smallest absolute Gasteiger partial charge is 0.266 e. The first-order chi connectivity index (χ1) is 7.07. The van der Waals surface area contributed by atoms with Crippen molar-refractivity contribution in [3.63, 3.8) is 0 Å². The summed E-state index contributed by atoms with van der Waals surface area (Å²) in [5, 5.41) is 16.0. The van der Waals surface area contributed by atoms with E-state index in [0.717, 1.165) is 25.1 Å². The van der Waals surface area contributed by atoms with E-state index in [2.05, 4.69) is 10.2 Å². The number of hydrogen-bond donors (Lipinski definition) is 2. The fraction of sp³-hybridized carbons (Fsp3) is 0.600. The number of piperidine rings is 1. The van der Waals surface area contributed by atoms with E-state index in [1.165, 1.54) is 6.07 Å². The van der Waals surface area contributed by atoms with E-state index in [9.17, 15) is 9.90 Å². The SMILES string of the molecule is CC1(O)CCCN(c2cn[nH]c(=O)c2)C1. The van der Waals surface area contributed by atoms with Crippen LogP contribution in [0, 0.1) is 0 Å². The van der Waals surface area contributed by atoms with Crippen molar-refractivity contribution in [3.05, 3.63) is 22.6 Å². The number of aromatic nitrogens is 2. The molecule has 0 radical (unpaired) electrons. The minimum atomic E-state index is -0.666. The normalized spacial score (nSPS) is 26.7. The van der Waals surface area contributed by atoms with E-state index in [4.69, 9.17) is 0 Å². The number of anilines is 1. The summed E-state index contributed by atoms with van der Waals surface area (Å²) >= 11 is 0. The van der Waals surface area contributed by atoms with Crippen LogP contribution in [0.5, 0.6) is 0 Å². The van der Waals surface area contributed by atoms with Crippen molar-refractivity contribution >= 4 is 5.69 Å². The van der Waals surface area contributed by atoms with E-state index < -0.39 is 5.60 Å². The zero-order chi connectivity index (χ0) is 10.9. The van der Waals surface area contributed by atoms with E-state index in [-0.39, 0.29) is 5.56 Å². The third kappa shape index (κ3) is 2.36. The van der Waals surface area contributed by atoms with Crippen LogP contribution in [-0.4, -0.2) is 34.0 Å². The second kappa shape index (κ2) is 3.66. The van der Waals surface area contributed by atoms with Crippen molar-refractivity contribution in [2.75, 3.05) is 18.0 Å². The van der Waals surface area contributed by atoms with Crippen LogP contribution in [0.2, 0.25) is 0 Å². The van der Waals surface area contributed by atoms with Crippen LogP contribution >= 0.6 is 0 Å². The number of aromatic amines is 1. The van der Waals surface area contributed by atoms with Crippen LogP contribution in [0.1, 0.15) is 19.8 Å². The lowest BCUT2D eigenvalue weighted by molar-refractivity contribution is 0.0449. The van der Waals surface area contributed by atoms with Gasteiger partial charge in [0.05, 0.1) is 17.5 Å². The summed E-state index contributed by atoms with van der Waals surface area (Å²) in [5.41, 5.74) is -0.0997. The van der Waals surface area contributed by atoms with Crippen LogP contribution in [0.15, 0.2) is 17.1 Å². The van der Waals surface area contributed by atoms with Gasteiger partial charge < -0.3 is 10.0 Å². The van der Waals surface area contributed by atoms with Crippen molar-refractivity contribution in [3.8, 4) is 0 Å². The highest BCUT2D eigenvalue weighted by molar-refractivity contribution is 5.43. The molecule has 1 unspecified atom stereocenters. The summed E-state index contributed by atoms with van der Waals surface area (Å²) in [4.78, 5) is 13.1.